The zero-order chi connectivity index (χ0) is 21.1. The lowest BCUT2D eigenvalue weighted by Crippen LogP contribution is -2.68. The Morgan fingerprint density at radius 2 is 1.87 bits per heavy atom. The molecule has 1 N–H and O–H groups in total. The topological polar surface area (TPSA) is 58.6 Å². The molecule has 2 fully saturated rings. The molecule has 0 aromatic heterocycles. The second kappa shape index (κ2) is 7.15. The van der Waals surface area contributed by atoms with Crippen LogP contribution in [0.2, 0.25) is 5.02 Å². The van der Waals surface area contributed by atoms with Gasteiger partial charge >= 0.3 is 0 Å². The summed E-state index contributed by atoms with van der Waals surface area (Å²) in [4.78, 5) is 0. The van der Waals surface area contributed by atoms with Crippen LogP contribution in [0.1, 0.15) is 30.4 Å². The third-order valence-corrected chi connectivity index (χ3v) is 8.57. The first-order chi connectivity index (χ1) is 14.3. The lowest BCUT2D eigenvalue weighted by atomic mass is 9.63. The minimum absolute atomic E-state index is 0.0294. The molecule has 0 amide bonds. The molecule has 0 bridgehead atoms. The van der Waals surface area contributed by atoms with Crippen molar-refractivity contribution in [3.05, 3.63) is 64.2 Å². The molecule has 3 aliphatic rings. The van der Waals surface area contributed by atoms with E-state index in [-0.39, 0.29) is 24.0 Å². The zero-order valence-electron chi connectivity index (χ0n) is 16.1. The first kappa shape index (κ1) is 20.2. The molecule has 3 aliphatic heterocycles. The van der Waals surface area contributed by atoms with Gasteiger partial charge in [0, 0.05) is 28.6 Å². The number of fused-ring (bicyclic) bond motifs is 5. The van der Waals surface area contributed by atoms with Gasteiger partial charge in [0.05, 0.1) is 6.04 Å². The van der Waals surface area contributed by atoms with Crippen molar-refractivity contribution in [2.45, 2.75) is 43.2 Å². The number of nitrogens with one attached hydrogen (secondary N) is 1. The van der Waals surface area contributed by atoms with Crippen LogP contribution in [-0.2, 0) is 22.0 Å². The van der Waals surface area contributed by atoms with Gasteiger partial charge in [-0.3, -0.25) is 0 Å². The predicted octanol–water partition coefficient (Wildman–Crippen LogP) is 3.56. The van der Waals surface area contributed by atoms with E-state index in [0.717, 1.165) is 17.7 Å². The Morgan fingerprint density at radius 3 is 2.63 bits per heavy atom. The van der Waals surface area contributed by atoms with Crippen molar-refractivity contribution in [3.63, 3.8) is 0 Å². The molecule has 0 saturated carbocycles. The highest BCUT2D eigenvalue weighted by molar-refractivity contribution is 7.87. The van der Waals surface area contributed by atoms with Gasteiger partial charge in [-0.05, 0) is 55.5 Å². The maximum absolute atomic E-state index is 15.2. The molecule has 160 valence electrons. The van der Waals surface area contributed by atoms with Gasteiger partial charge in [-0.2, -0.15) is 12.7 Å². The van der Waals surface area contributed by atoms with E-state index < -0.39 is 33.3 Å². The van der Waals surface area contributed by atoms with E-state index in [9.17, 15) is 12.8 Å². The Kier molecular flexibility index (Phi) is 4.81. The molecule has 2 saturated heterocycles. The standard InChI is InChI=1S/C21H21ClF2N2O3S/c22-14-3-1-13(2-4-14)11-21-9-7-15-8-10-25-30(27,28)26(15)18(21)12-29-20-17(24)6-5-16(23)19(20)21/h1-6,15,18,25H,7-12H2/t15-,18+,21-/m0/s1. The molecule has 0 unspecified atom stereocenters. The second-order valence-electron chi connectivity index (χ2n) is 8.23. The van der Waals surface area contributed by atoms with Gasteiger partial charge in [0.1, 0.15) is 12.4 Å². The molecule has 0 spiro atoms. The highest BCUT2D eigenvalue weighted by atomic mass is 35.5. The summed E-state index contributed by atoms with van der Waals surface area (Å²) in [5.41, 5.74) is 0.0607. The first-order valence-electron chi connectivity index (χ1n) is 9.96. The zero-order valence-corrected chi connectivity index (χ0v) is 17.6. The van der Waals surface area contributed by atoms with Crippen LogP contribution in [0, 0.1) is 11.6 Å². The Labute approximate surface area is 179 Å². The molecule has 30 heavy (non-hydrogen) atoms. The number of ether oxygens (including phenoxy) is 1. The van der Waals surface area contributed by atoms with E-state index in [2.05, 4.69) is 4.72 Å². The minimum atomic E-state index is -3.75. The van der Waals surface area contributed by atoms with E-state index in [1.165, 1.54) is 4.31 Å². The van der Waals surface area contributed by atoms with E-state index in [1.807, 2.05) is 12.1 Å². The summed E-state index contributed by atoms with van der Waals surface area (Å²) in [5, 5.41) is 0.573. The first-order valence-corrected chi connectivity index (χ1v) is 11.8. The van der Waals surface area contributed by atoms with Crippen molar-refractivity contribution in [2.24, 2.45) is 0 Å². The average Bonchev–Trinajstić information content (AvgIpc) is 2.71. The molecule has 0 radical (unpaired) electrons. The summed E-state index contributed by atoms with van der Waals surface area (Å²) in [5.74, 6) is -1.33. The molecular weight excluding hydrogens is 434 g/mol. The minimum Gasteiger partial charge on any atom is -0.488 e. The molecule has 5 nitrogen and oxygen atoms in total. The van der Waals surface area contributed by atoms with E-state index in [0.29, 0.717) is 37.3 Å². The lowest BCUT2D eigenvalue weighted by Gasteiger charge is -2.56. The fourth-order valence-electron chi connectivity index (χ4n) is 5.37. The number of benzene rings is 2. The highest BCUT2D eigenvalue weighted by Gasteiger charge is 2.58. The predicted molar refractivity (Wildman–Crippen MR) is 109 cm³/mol. The van der Waals surface area contributed by atoms with E-state index in [1.54, 1.807) is 12.1 Å². The lowest BCUT2D eigenvalue weighted by molar-refractivity contribution is 0.0213. The summed E-state index contributed by atoms with van der Waals surface area (Å²) in [6, 6.07) is 8.50. The van der Waals surface area contributed by atoms with Crippen molar-refractivity contribution in [3.8, 4) is 5.75 Å². The van der Waals surface area contributed by atoms with Gasteiger partial charge in [0.2, 0.25) is 0 Å². The largest absolute Gasteiger partial charge is 0.488 e. The van der Waals surface area contributed by atoms with Gasteiger partial charge in [-0.1, -0.05) is 23.7 Å². The number of hydrogen-bond donors (Lipinski definition) is 1. The average molecular weight is 455 g/mol. The maximum Gasteiger partial charge on any atom is 0.280 e. The van der Waals surface area contributed by atoms with Crippen molar-refractivity contribution in [1.29, 1.82) is 0 Å². The van der Waals surface area contributed by atoms with Gasteiger partial charge in [-0.25, -0.2) is 13.5 Å². The number of rotatable bonds is 2. The summed E-state index contributed by atoms with van der Waals surface area (Å²) < 4.78 is 65.4. The Morgan fingerprint density at radius 1 is 1.13 bits per heavy atom. The summed E-state index contributed by atoms with van der Waals surface area (Å²) >= 11 is 6.02. The van der Waals surface area contributed by atoms with Crippen LogP contribution in [0.4, 0.5) is 8.78 Å². The molecular formula is C21H21ClF2N2O3S. The monoisotopic (exact) mass is 454 g/mol. The molecule has 3 heterocycles. The van der Waals surface area contributed by atoms with Gasteiger partial charge in [-0.15, -0.1) is 0 Å². The number of piperidine rings is 1. The van der Waals surface area contributed by atoms with Crippen LogP contribution in [-0.4, -0.2) is 38.0 Å². The third-order valence-electron chi connectivity index (χ3n) is 6.64. The van der Waals surface area contributed by atoms with Crippen LogP contribution < -0.4 is 9.46 Å². The molecule has 5 rings (SSSR count). The number of halogens is 3. The Hall–Kier alpha value is -1.74. The van der Waals surface area contributed by atoms with Crippen LogP contribution in [0.15, 0.2) is 36.4 Å². The van der Waals surface area contributed by atoms with Crippen LogP contribution in [0.5, 0.6) is 5.75 Å². The van der Waals surface area contributed by atoms with Crippen molar-refractivity contribution in [1.82, 2.24) is 9.03 Å². The van der Waals surface area contributed by atoms with E-state index >= 15 is 4.39 Å². The fraction of sp³-hybridized carbons (Fsp3) is 0.429. The van der Waals surface area contributed by atoms with E-state index in [4.69, 9.17) is 16.3 Å². The second-order valence-corrected chi connectivity index (χ2v) is 10.3. The molecule has 2 aromatic carbocycles. The van der Waals surface area contributed by atoms with Crippen molar-refractivity contribution in [2.75, 3.05) is 13.2 Å². The quantitative estimate of drug-likeness (QED) is 0.754. The number of nitrogens with zero attached hydrogens (tertiary/aromatic N) is 1. The van der Waals surface area contributed by atoms with Gasteiger partial charge in [0.15, 0.2) is 11.6 Å². The number of hydrogen-bond acceptors (Lipinski definition) is 3. The SMILES string of the molecule is O=S1(=O)NCC[C@@H]2CC[C@@]3(Cc4ccc(Cl)cc4)c4c(F)ccc(F)c4OC[C@H]3N21. The van der Waals surface area contributed by atoms with Crippen molar-refractivity contribution >= 4 is 21.8 Å². The summed E-state index contributed by atoms with van der Waals surface area (Å²) in [6.07, 6.45) is 2.13. The summed E-state index contributed by atoms with van der Waals surface area (Å²) in [7, 11) is -3.75. The van der Waals surface area contributed by atoms with Crippen molar-refractivity contribution < 1.29 is 21.9 Å². The summed E-state index contributed by atoms with van der Waals surface area (Å²) in [6.45, 7) is 0.346. The highest BCUT2D eigenvalue weighted by Crippen LogP contribution is 2.52. The van der Waals surface area contributed by atoms with Crippen LogP contribution >= 0.6 is 11.6 Å². The normalized spacial score (nSPS) is 30.0. The molecule has 2 aromatic rings. The Bertz CT molecular complexity index is 1100. The van der Waals surface area contributed by atoms with Crippen LogP contribution in [0.25, 0.3) is 0 Å². The molecule has 0 aliphatic carbocycles. The van der Waals surface area contributed by atoms with Gasteiger partial charge < -0.3 is 4.74 Å². The third kappa shape index (κ3) is 3.04. The Balaban J connectivity index is 1.71. The van der Waals surface area contributed by atoms with Crippen LogP contribution in [0.3, 0.4) is 0 Å². The molecule has 9 heteroatoms. The fourth-order valence-corrected chi connectivity index (χ4v) is 7.22. The maximum atomic E-state index is 15.2. The van der Waals surface area contributed by atoms with Gasteiger partial charge in [0.25, 0.3) is 10.2 Å². The molecule has 3 atom stereocenters. The smallest absolute Gasteiger partial charge is 0.280 e.